The monoisotopic (exact) mass is 354 g/mol. The highest BCUT2D eigenvalue weighted by molar-refractivity contribution is 7.99. The Morgan fingerprint density at radius 2 is 1.96 bits per heavy atom. The van der Waals surface area contributed by atoms with Crippen LogP contribution in [0.4, 0.5) is 0 Å². The lowest BCUT2D eigenvalue weighted by Gasteiger charge is -2.03. The molecule has 0 saturated carbocycles. The summed E-state index contributed by atoms with van der Waals surface area (Å²) in [5, 5.41) is 25.1. The van der Waals surface area contributed by atoms with Crippen LogP contribution in [0.25, 0.3) is 5.69 Å². The van der Waals surface area contributed by atoms with Crippen LogP contribution in [-0.2, 0) is 4.79 Å². The van der Waals surface area contributed by atoms with Crippen molar-refractivity contribution in [1.29, 1.82) is 0 Å². The van der Waals surface area contributed by atoms with Crippen LogP contribution in [0.5, 0.6) is 5.75 Å². The molecular formula is C16H14N6O2S. The fourth-order valence-electron chi connectivity index (χ4n) is 1.90. The molecule has 0 aliphatic carbocycles. The van der Waals surface area contributed by atoms with Gasteiger partial charge in [0, 0.05) is 0 Å². The Labute approximate surface area is 147 Å². The van der Waals surface area contributed by atoms with Crippen LogP contribution in [0, 0.1) is 0 Å². The second-order valence-corrected chi connectivity index (χ2v) is 5.82. The number of tetrazole rings is 1. The molecule has 126 valence electrons. The van der Waals surface area contributed by atoms with E-state index in [1.807, 2.05) is 30.3 Å². The van der Waals surface area contributed by atoms with Crippen molar-refractivity contribution >= 4 is 23.9 Å². The minimum Gasteiger partial charge on any atom is -0.508 e. The van der Waals surface area contributed by atoms with Gasteiger partial charge in [-0.05, 0) is 52.4 Å². The summed E-state index contributed by atoms with van der Waals surface area (Å²) >= 11 is 1.21. The van der Waals surface area contributed by atoms with Gasteiger partial charge in [-0.3, -0.25) is 4.79 Å². The molecule has 2 aromatic carbocycles. The molecular weight excluding hydrogens is 340 g/mol. The van der Waals surface area contributed by atoms with E-state index >= 15 is 0 Å². The summed E-state index contributed by atoms with van der Waals surface area (Å²) in [6, 6.07) is 15.9. The van der Waals surface area contributed by atoms with E-state index in [4.69, 9.17) is 0 Å². The summed E-state index contributed by atoms with van der Waals surface area (Å²) in [7, 11) is 0. The number of aromatic hydroxyl groups is 1. The molecule has 0 bridgehead atoms. The third-order valence-corrected chi connectivity index (χ3v) is 3.99. The summed E-state index contributed by atoms with van der Waals surface area (Å²) in [5.41, 5.74) is 4.02. The maximum absolute atomic E-state index is 11.9. The van der Waals surface area contributed by atoms with Crippen LogP contribution in [0.2, 0.25) is 0 Å². The summed E-state index contributed by atoms with van der Waals surface area (Å²) in [6.45, 7) is 0. The van der Waals surface area contributed by atoms with Crippen molar-refractivity contribution in [1.82, 2.24) is 25.6 Å². The first kappa shape index (κ1) is 16.7. The topological polar surface area (TPSA) is 105 Å². The first-order valence-electron chi connectivity index (χ1n) is 7.30. The Hall–Kier alpha value is -3.20. The van der Waals surface area contributed by atoms with E-state index in [2.05, 4.69) is 26.1 Å². The number of hydrogen-bond acceptors (Lipinski definition) is 7. The highest BCUT2D eigenvalue weighted by Gasteiger charge is 2.10. The van der Waals surface area contributed by atoms with Crippen molar-refractivity contribution in [2.24, 2.45) is 5.10 Å². The largest absolute Gasteiger partial charge is 0.508 e. The van der Waals surface area contributed by atoms with E-state index in [9.17, 15) is 9.90 Å². The molecule has 0 unspecified atom stereocenters. The van der Waals surface area contributed by atoms with Crippen molar-refractivity contribution < 1.29 is 9.90 Å². The molecule has 1 aromatic heterocycles. The molecule has 25 heavy (non-hydrogen) atoms. The lowest BCUT2D eigenvalue weighted by molar-refractivity contribution is -0.118. The molecule has 3 aromatic rings. The van der Waals surface area contributed by atoms with Gasteiger partial charge in [-0.25, -0.2) is 5.43 Å². The van der Waals surface area contributed by atoms with Gasteiger partial charge in [0.25, 0.3) is 5.91 Å². The first-order chi connectivity index (χ1) is 12.2. The second-order valence-electron chi connectivity index (χ2n) is 4.88. The molecule has 0 fully saturated rings. The van der Waals surface area contributed by atoms with Crippen LogP contribution in [0.15, 0.2) is 64.9 Å². The smallest absolute Gasteiger partial charge is 0.250 e. The highest BCUT2D eigenvalue weighted by Crippen LogP contribution is 2.17. The van der Waals surface area contributed by atoms with E-state index in [-0.39, 0.29) is 17.4 Å². The zero-order valence-corrected chi connectivity index (χ0v) is 13.8. The van der Waals surface area contributed by atoms with Gasteiger partial charge in [0.1, 0.15) is 5.75 Å². The minimum absolute atomic E-state index is 0.125. The lowest BCUT2D eigenvalue weighted by Crippen LogP contribution is -2.20. The molecule has 9 heteroatoms. The predicted octanol–water partition coefficient (Wildman–Crippen LogP) is 1.61. The summed E-state index contributed by atoms with van der Waals surface area (Å²) in [4.78, 5) is 11.9. The highest BCUT2D eigenvalue weighted by atomic mass is 32.2. The molecule has 0 radical (unpaired) electrons. The van der Waals surface area contributed by atoms with Crippen LogP contribution < -0.4 is 5.43 Å². The van der Waals surface area contributed by atoms with Crippen molar-refractivity contribution in [3.63, 3.8) is 0 Å². The van der Waals surface area contributed by atoms with Gasteiger partial charge in [-0.15, -0.1) is 5.10 Å². The fraction of sp³-hybridized carbons (Fsp3) is 0.0625. The molecule has 0 aliphatic heterocycles. The number of phenolic OH excluding ortho intramolecular Hbond substituents is 1. The van der Waals surface area contributed by atoms with Crippen molar-refractivity contribution in [2.45, 2.75) is 5.16 Å². The zero-order chi connectivity index (χ0) is 17.5. The third kappa shape index (κ3) is 4.64. The minimum atomic E-state index is -0.275. The Balaban J connectivity index is 1.53. The summed E-state index contributed by atoms with van der Waals surface area (Å²) < 4.78 is 1.57. The number of thioether (sulfide) groups is 1. The van der Waals surface area contributed by atoms with Gasteiger partial charge in [-0.1, -0.05) is 30.0 Å². The van der Waals surface area contributed by atoms with Crippen LogP contribution >= 0.6 is 11.8 Å². The van der Waals surface area contributed by atoms with E-state index in [0.29, 0.717) is 5.16 Å². The molecule has 3 rings (SSSR count). The lowest BCUT2D eigenvalue weighted by atomic mass is 10.2. The Kier molecular flexibility index (Phi) is 5.37. The number of aromatic nitrogens is 4. The molecule has 0 saturated heterocycles. The molecule has 1 heterocycles. The predicted molar refractivity (Wildman–Crippen MR) is 93.7 cm³/mol. The quantitative estimate of drug-likeness (QED) is 0.396. The zero-order valence-electron chi connectivity index (χ0n) is 13.0. The summed E-state index contributed by atoms with van der Waals surface area (Å²) in [6.07, 6.45) is 1.50. The molecule has 0 spiro atoms. The maximum atomic E-state index is 11.9. The number of amides is 1. The Morgan fingerprint density at radius 1 is 1.20 bits per heavy atom. The van der Waals surface area contributed by atoms with Crippen molar-refractivity contribution in [3.05, 3.63) is 60.2 Å². The van der Waals surface area contributed by atoms with Gasteiger partial charge in [-0.2, -0.15) is 9.78 Å². The van der Waals surface area contributed by atoms with Gasteiger partial charge < -0.3 is 5.11 Å². The Morgan fingerprint density at radius 3 is 2.72 bits per heavy atom. The normalized spacial score (nSPS) is 10.9. The molecule has 1 amide bonds. The molecule has 0 aliphatic rings. The number of benzene rings is 2. The van der Waals surface area contributed by atoms with Gasteiger partial charge in [0.15, 0.2) is 0 Å². The number of nitrogens with one attached hydrogen (secondary N) is 1. The maximum Gasteiger partial charge on any atom is 0.250 e. The van der Waals surface area contributed by atoms with Crippen molar-refractivity contribution in [2.75, 3.05) is 5.75 Å². The van der Waals surface area contributed by atoms with Crippen LogP contribution in [0.1, 0.15) is 5.56 Å². The number of carbonyl (C=O) groups is 1. The van der Waals surface area contributed by atoms with Crippen LogP contribution in [0.3, 0.4) is 0 Å². The average molecular weight is 354 g/mol. The van der Waals surface area contributed by atoms with Gasteiger partial charge in [0.2, 0.25) is 5.16 Å². The van der Waals surface area contributed by atoms with E-state index in [1.165, 1.54) is 18.0 Å². The van der Waals surface area contributed by atoms with Crippen molar-refractivity contribution in [3.8, 4) is 11.4 Å². The number of phenols is 1. The summed E-state index contributed by atoms with van der Waals surface area (Å²) in [5.74, 6) is 0.0245. The number of rotatable bonds is 6. The standard InChI is InChI=1S/C16H14N6O2S/c23-14-8-6-12(7-9-14)10-17-18-15(24)11-25-16-19-20-21-22(16)13-4-2-1-3-5-13/h1-10,23H,11H2,(H,18,24)/b17-10+. The fourth-order valence-corrected chi connectivity index (χ4v) is 2.58. The SMILES string of the molecule is O=C(CSc1nnnn1-c1ccccc1)N/N=C/c1ccc(O)cc1. The molecule has 0 atom stereocenters. The number of para-hydroxylation sites is 1. The van der Waals surface area contributed by atoms with Crippen LogP contribution in [-0.4, -0.2) is 43.2 Å². The van der Waals surface area contributed by atoms with E-state index in [0.717, 1.165) is 11.3 Å². The number of nitrogens with zero attached hydrogens (tertiary/aromatic N) is 5. The first-order valence-corrected chi connectivity index (χ1v) is 8.28. The van der Waals surface area contributed by atoms with Gasteiger partial charge >= 0.3 is 0 Å². The second kappa shape index (κ2) is 8.06. The van der Waals surface area contributed by atoms with E-state index < -0.39 is 0 Å². The average Bonchev–Trinajstić information content (AvgIpc) is 3.11. The molecule has 8 nitrogen and oxygen atoms in total. The third-order valence-electron chi connectivity index (χ3n) is 3.07. The number of hydrazone groups is 1. The molecule has 2 N–H and O–H groups in total. The number of carbonyl (C=O) groups excluding carboxylic acids is 1. The number of hydrogen-bond donors (Lipinski definition) is 2. The van der Waals surface area contributed by atoms with Gasteiger partial charge in [0.05, 0.1) is 17.7 Å². The Bertz CT molecular complexity index is 864. The van der Waals surface area contributed by atoms with E-state index in [1.54, 1.807) is 28.9 Å².